The number of hydrazine groups is 1. The zero-order valence-electron chi connectivity index (χ0n) is 12.0. The normalized spacial score (nSPS) is 21.2. The smallest absolute Gasteiger partial charge is 0.257 e. The summed E-state index contributed by atoms with van der Waals surface area (Å²) in [7, 11) is 0. The second kappa shape index (κ2) is 5.92. The van der Waals surface area contributed by atoms with E-state index in [1.807, 2.05) is 13.8 Å². The lowest BCUT2D eigenvalue weighted by Gasteiger charge is -2.42. The zero-order valence-corrected chi connectivity index (χ0v) is 12.0. The Balaban J connectivity index is 2.27. The number of pyridine rings is 1. The number of aliphatic hydroxyl groups excluding tert-OH is 1. The molecule has 1 fully saturated rings. The predicted octanol–water partition coefficient (Wildman–Crippen LogP) is 0.118. The fourth-order valence-electron chi connectivity index (χ4n) is 2.43. The number of aliphatic hydroxyl groups is 1. The number of nitrogen functional groups attached to an aromatic ring is 1. The minimum atomic E-state index is -0.796. The molecule has 0 radical (unpaired) electrons. The highest BCUT2D eigenvalue weighted by molar-refractivity contribution is 5.95. The predicted molar refractivity (Wildman–Crippen MR) is 73.9 cm³/mol. The van der Waals surface area contributed by atoms with Crippen LogP contribution in [0.5, 0.6) is 0 Å². The monoisotopic (exact) mass is 298 g/mol. The van der Waals surface area contributed by atoms with Gasteiger partial charge >= 0.3 is 0 Å². The van der Waals surface area contributed by atoms with Crippen LogP contribution in [-0.4, -0.2) is 52.3 Å². The molecule has 1 amide bonds. The van der Waals surface area contributed by atoms with E-state index in [1.165, 1.54) is 17.2 Å². The van der Waals surface area contributed by atoms with Gasteiger partial charge in [0.2, 0.25) is 0 Å². The molecule has 0 bridgehead atoms. The lowest BCUT2D eigenvalue weighted by molar-refractivity contribution is -0.139. The van der Waals surface area contributed by atoms with Crippen LogP contribution in [0.3, 0.4) is 0 Å². The molecule has 1 atom stereocenters. The summed E-state index contributed by atoms with van der Waals surface area (Å²) in [4.78, 5) is 17.6. The maximum Gasteiger partial charge on any atom is 0.257 e. The summed E-state index contributed by atoms with van der Waals surface area (Å²) in [5, 5.41) is 9.26. The number of amides is 1. The Kier molecular flexibility index (Phi) is 4.40. The number of morpholine rings is 1. The first-order chi connectivity index (χ1) is 9.88. The lowest BCUT2D eigenvalue weighted by atomic mass is 10.0. The molecule has 1 aliphatic heterocycles. The molecule has 0 aliphatic carbocycles. The molecule has 0 aromatic carbocycles. The second-order valence-corrected chi connectivity index (χ2v) is 5.53. The molecule has 8 heteroatoms. The van der Waals surface area contributed by atoms with E-state index in [0.29, 0.717) is 6.54 Å². The van der Waals surface area contributed by atoms with Gasteiger partial charge in [-0.3, -0.25) is 4.79 Å². The Morgan fingerprint density at radius 1 is 1.71 bits per heavy atom. The molecule has 7 nitrogen and oxygen atoms in total. The minimum Gasteiger partial charge on any atom is -0.394 e. The molecule has 1 aromatic heterocycles. The number of hydrogen-bond donors (Lipinski definition) is 3. The second-order valence-electron chi connectivity index (χ2n) is 5.53. The number of anilines is 1. The number of carbonyl (C=O) groups is 1. The van der Waals surface area contributed by atoms with Crippen molar-refractivity contribution in [1.29, 1.82) is 0 Å². The molecule has 1 unspecified atom stereocenters. The average Bonchev–Trinajstić information content (AvgIpc) is 2.45. The van der Waals surface area contributed by atoms with Gasteiger partial charge in [0.15, 0.2) is 11.6 Å². The highest BCUT2D eigenvalue weighted by Gasteiger charge is 2.36. The first-order valence-electron chi connectivity index (χ1n) is 6.57. The number of hydrogen-bond acceptors (Lipinski definition) is 6. The van der Waals surface area contributed by atoms with Gasteiger partial charge in [-0.05, 0) is 19.9 Å². The van der Waals surface area contributed by atoms with Gasteiger partial charge in [0.1, 0.15) is 0 Å². The minimum absolute atomic E-state index is 0.118. The molecule has 0 saturated carbocycles. The summed E-state index contributed by atoms with van der Waals surface area (Å²) in [6.07, 6.45) is 0.815. The highest BCUT2D eigenvalue weighted by atomic mass is 19.1. The summed E-state index contributed by atoms with van der Waals surface area (Å²) < 4.78 is 19.7. The van der Waals surface area contributed by atoms with Crippen molar-refractivity contribution in [3.8, 4) is 0 Å². The van der Waals surface area contributed by atoms with E-state index < -0.39 is 23.4 Å². The lowest BCUT2D eigenvalue weighted by Crippen LogP contribution is -2.55. The fourth-order valence-corrected chi connectivity index (χ4v) is 2.43. The van der Waals surface area contributed by atoms with E-state index in [9.17, 15) is 14.3 Å². The van der Waals surface area contributed by atoms with Gasteiger partial charge < -0.3 is 20.2 Å². The van der Waals surface area contributed by atoms with E-state index in [1.54, 1.807) is 0 Å². The van der Waals surface area contributed by atoms with E-state index in [0.717, 1.165) is 0 Å². The number of halogens is 1. The van der Waals surface area contributed by atoms with Crippen molar-refractivity contribution in [2.24, 2.45) is 5.84 Å². The maximum absolute atomic E-state index is 14.1. The molecular weight excluding hydrogens is 279 g/mol. The molecule has 0 spiro atoms. The molecule has 4 N–H and O–H groups in total. The van der Waals surface area contributed by atoms with Crippen LogP contribution < -0.4 is 11.3 Å². The van der Waals surface area contributed by atoms with Crippen LogP contribution in [0.1, 0.15) is 24.2 Å². The van der Waals surface area contributed by atoms with Crippen LogP contribution in [0.25, 0.3) is 0 Å². The van der Waals surface area contributed by atoms with Crippen LogP contribution in [0, 0.1) is 5.82 Å². The highest BCUT2D eigenvalue weighted by Crippen LogP contribution is 2.24. The third kappa shape index (κ3) is 3.29. The van der Waals surface area contributed by atoms with Crippen LogP contribution in [0.4, 0.5) is 10.2 Å². The van der Waals surface area contributed by atoms with Crippen molar-refractivity contribution in [1.82, 2.24) is 9.88 Å². The van der Waals surface area contributed by atoms with Gasteiger partial charge in [-0.25, -0.2) is 15.2 Å². The number of nitrogens with two attached hydrogens (primary N) is 1. The summed E-state index contributed by atoms with van der Waals surface area (Å²) in [6.45, 7) is 3.92. The Morgan fingerprint density at radius 2 is 2.43 bits per heavy atom. The van der Waals surface area contributed by atoms with Crippen molar-refractivity contribution in [3.63, 3.8) is 0 Å². The molecule has 2 heterocycles. The van der Waals surface area contributed by atoms with Crippen LogP contribution in [-0.2, 0) is 4.74 Å². The number of aromatic nitrogens is 1. The summed E-state index contributed by atoms with van der Waals surface area (Å²) in [5.41, 5.74) is 1.38. The van der Waals surface area contributed by atoms with Crippen molar-refractivity contribution >= 4 is 11.7 Å². The Labute approximate surface area is 121 Å². The van der Waals surface area contributed by atoms with Gasteiger partial charge in [0, 0.05) is 19.3 Å². The molecule has 21 heavy (non-hydrogen) atoms. The Bertz CT molecular complexity index is 538. The topological polar surface area (TPSA) is 101 Å². The Morgan fingerprint density at radius 3 is 3.05 bits per heavy atom. The van der Waals surface area contributed by atoms with E-state index in [2.05, 4.69) is 10.4 Å². The SMILES string of the molecule is CC1(C)CN(C(=O)c2ccnc(NN)c2F)CC(CO)O1. The van der Waals surface area contributed by atoms with Crippen molar-refractivity contribution < 1.29 is 19.0 Å². The third-order valence-corrected chi connectivity index (χ3v) is 3.23. The maximum atomic E-state index is 14.1. The summed E-state index contributed by atoms with van der Waals surface area (Å²) in [6, 6.07) is 1.30. The number of nitrogens with zero attached hydrogens (tertiary/aromatic N) is 2. The average molecular weight is 298 g/mol. The van der Waals surface area contributed by atoms with Gasteiger partial charge in [-0.1, -0.05) is 0 Å². The number of rotatable bonds is 3. The Hall–Kier alpha value is -1.77. The molecule has 1 saturated heterocycles. The largest absolute Gasteiger partial charge is 0.394 e. The molecule has 1 aromatic rings. The number of nitrogens with one attached hydrogen (secondary N) is 1. The zero-order chi connectivity index (χ0) is 15.6. The molecular formula is C13H19FN4O3. The van der Waals surface area contributed by atoms with Crippen LogP contribution in [0.15, 0.2) is 12.3 Å². The van der Waals surface area contributed by atoms with Crippen LogP contribution in [0.2, 0.25) is 0 Å². The van der Waals surface area contributed by atoms with Crippen molar-refractivity contribution in [2.45, 2.75) is 25.6 Å². The molecule has 1 aliphatic rings. The molecule has 116 valence electrons. The van der Waals surface area contributed by atoms with Gasteiger partial charge in [-0.2, -0.15) is 0 Å². The number of carbonyl (C=O) groups excluding carboxylic acids is 1. The van der Waals surface area contributed by atoms with Gasteiger partial charge in [0.05, 0.1) is 23.9 Å². The molecule has 2 rings (SSSR count). The van der Waals surface area contributed by atoms with Gasteiger partial charge in [-0.15, -0.1) is 0 Å². The fraction of sp³-hybridized carbons (Fsp3) is 0.538. The standard InChI is InChI=1S/C13H19FN4O3/c1-13(2)7-18(5-8(6-19)21-13)12(20)9-3-4-16-11(17-15)10(9)14/h3-4,8,19H,5-7,15H2,1-2H3,(H,16,17). The van der Waals surface area contributed by atoms with E-state index in [4.69, 9.17) is 10.6 Å². The third-order valence-electron chi connectivity index (χ3n) is 3.23. The first-order valence-corrected chi connectivity index (χ1v) is 6.57. The van der Waals surface area contributed by atoms with Crippen LogP contribution >= 0.6 is 0 Å². The summed E-state index contributed by atoms with van der Waals surface area (Å²) >= 11 is 0. The van der Waals surface area contributed by atoms with Gasteiger partial charge in [0.25, 0.3) is 5.91 Å². The first kappa shape index (κ1) is 15.6. The van der Waals surface area contributed by atoms with E-state index >= 15 is 0 Å². The van der Waals surface area contributed by atoms with Crippen molar-refractivity contribution in [3.05, 3.63) is 23.6 Å². The van der Waals surface area contributed by atoms with Crippen molar-refractivity contribution in [2.75, 3.05) is 25.1 Å². The number of ether oxygens (including phenoxy) is 1. The summed E-state index contributed by atoms with van der Waals surface area (Å²) in [5.74, 6) is 3.69. The quantitative estimate of drug-likeness (QED) is 0.541. The van der Waals surface area contributed by atoms with E-state index in [-0.39, 0.29) is 24.5 Å².